The first kappa shape index (κ1) is 12.6. The number of nitrogens with zero attached hydrogens (tertiary/aromatic N) is 2. The molecule has 0 saturated heterocycles. The van der Waals surface area contributed by atoms with Crippen LogP contribution in [0.3, 0.4) is 0 Å². The van der Waals surface area contributed by atoms with Crippen LogP contribution >= 0.6 is 0 Å². The second-order valence-corrected chi connectivity index (χ2v) is 4.12. The highest BCUT2D eigenvalue weighted by Gasteiger charge is 2.15. The first-order valence-corrected chi connectivity index (χ1v) is 5.29. The fraction of sp³-hybridized carbons (Fsp3) is 0.500. The lowest BCUT2D eigenvalue weighted by atomic mass is 10.1. The van der Waals surface area contributed by atoms with Gasteiger partial charge >= 0.3 is 0 Å². The van der Waals surface area contributed by atoms with E-state index >= 15 is 0 Å². The number of hydrogen-bond donors (Lipinski definition) is 1. The summed E-state index contributed by atoms with van der Waals surface area (Å²) in [6, 6.07) is 3.59. The predicted molar refractivity (Wildman–Crippen MR) is 62.4 cm³/mol. The molecule has 1 amide bonds. The smallest absolute Gasteiger partial charge is 0.255 e. The lowest BCUT2D eigenvalue weighted by molar-refractivity contribution is 0.0702. The Hall–Kier alpha value is -1.42. The van der Waals surface area contributed by atoms with E-state index in [1.54, 1.807) is 20.0 Å². The highest BCUT2D eigenvalue weighted by Crippen LogP contribution is 2.09. The zero-order valence-electron chi connectivity index (χ0n) is 10.2. The normalized spacial score (nSPS) is 12.3. The van der Waals surface area contributed by atoms with Crippen molar-refractivity contribution in [1.82, 2.24) is 9.88 Å². The maximum atomic E-state index is 12.0. The van der Waals surface area contributed by atoms with Gasteiger partial charge in [0.1, 0.15) is 0 Å². The highest BCUT2D eigenvalue weighted by atomic mass is 16.3. The average Bonchev–Trinajstić information content (AvgIpc) is 2.15. The summed E-state index contributed by atoms with van der Waals surface area (Å²) in [6.45, 7) is 5.69. The second-order valence-electron chi connectivity index (χ2n) is 4.12. The Bertz CT molecular complexity index is 389. The monoisotopic (exact) mass is 222 g/mol. The summed E-state index contributed by atoms with van der Waals surface area (Å²) in [5, 5.41) is 9.22. The molecule has 16 heavy (non-hydrogen) atoms. The van der Waals surface area contributed by atoms with Gasteiger partial charge in [-0.05, 0) is 32.9 Å². The SMILES string of the molecule is Cc1ccc(C(=O)N(C)CC(C)O)c(C)n1. The minimum atomic E-state index is -0.521. The van der Waals surface area contributed by atoms with Crippen LogP contribution in [-0.2, 0) is 0 Å². The number of hydrogen-bond acceptors (Lipinski definition) is 3. The van der Waals surface area contributed by atoms with Crippen molar-refractivity contribution in [3.8, 4) is 0 Å². The zero-order chi connectivity index (χ0) is 12.3. The van der Waals surface area contributed by atoms with Crippen molar-refractivity contribution in [2.24, 2.45) is 0 Å². The fourth-order valence-corrected chi connectivity index (χ4v) is 1.60. The molecule has 1 atom stereocenters. The first-order valence-electron chi connectivity index (χ1n) is 5.29. The van der Waals surface area contributed by atoms with E-state index in [0.29, 0.717) is 12.1 Å². The average molecular weight is 222 g/mol. The van der Waals surface area contributed by atoms with Crippen LogP contribution in [0.15, 0.2) is 12.1 Å². The minimum Gasteiger partial charge on any atom is -0.392 e. The van der Waals surface area contributed by atoms with Crippen molar-refractivity contribution in [2.75, 3.05) is 13.6 Å². The van der Waals surface area contributed by atoms with Gasteiger partial charge in [0.2, 0.25) is 0 Å². The van der Waals surface area contributed by atoms with E-state index < -0.39 is 6.10 Å². The van der Waals surface area contributed by atoms with E-state index in [1.807, 2.05) is 19.9 Å². The number of carbonyl (C=O) groups excluding carboxylic acids is 1. The van der Waals surface area contributed by atoms with Crippen LogP contribution in [0.5, 0.6) is 0 Å². The van der Waals surface area contributed by atoms with E-state index in [9.17, 15) is 9.90 Å². The number of aliphatic hydroxyl groups excluding tert-OH is 1. The van der Waals surface area contributed by atoms with Gasteiger partial charge in [-0.1, -0.05) is 0 Å². The first-order chi connectivity index (χ1) is 7.41. The third kappa shape index (κ3) is 3.03. The molecule has 1 aromatic rings. The van der Waals surface area contributed by atoms with Crippen molar-refractivity contribution in [3.05, 3.63) is 29.1 Å². The Kier molecular flexibility index (Phi) is 4.01. The molecule has 0 aliphatic carbocycles. The van der Waals surface area contributed by atoms with Crippen LogP contribution in [0.1, 0.15) is 28.7 Å². The van der Waals surface area contributed by atoms with Crippen molar-refractivity contribution < 1.29 is 9.90 Å². The number of aryl methyl sites for hydroxylation is 2. The molecule has 1 aromatic heterocycles. The fourth-order valence-electron chi connectivity index (χ4n) is 1.60. The molecule has 1 heterocycles. The van der Waals surface area contributed by atoms with E-state index in [4.69, 9.17) is 0 Å². The van der Waals surface area contributed by atoms with Gasteiger partial charge in [0.15, 0.2) is 0 Å². The summed E-state index contributed by atoms with van der Waals surface area (Å²) in [6.07, 6.45) is -0.521. The predicted octanol–water partition coefficient (Wildman–Crippen LogP) is 1.15. The van der Waals surface area contributed by atoms with Crippen LogP contribution in [0.2, 0.25) is 0 Å². The molecule has 0 bridgehead atoms. The third-order valence-electron chi connectivity index (χ3n) is 2.34. The molecular weight excluding hydrogens is 204 g/mol. The summed E-state index contributed by atoms with van der Waals surface area (Å²) in [5.74, 6) is -0.106. The lowest BCUT2D eigenvalue weighted by Gasteiger charge is -2.19. The molecule has 1 N–H and O–H groups in total. The quantitative estimate of drug-likeness (QED) is 0.834. The molecule has 1 unspecified atom stereocenters. The van der Waals surface area contributed by atoms with Gasteiger partial charge in [0, 0.05) is 19.3 Å². The number of rotatable bonds is 3. The second kappa shape index (κ2) is 5.07. The maximum absolute atomic E-state index is 12.0. The largest absolute Gasteiger partial charge is 0.392 e. The minimum absolute atomic E-state index is 0.106. The Morgan fingerprint density at radius 1 is 1.50 bits per heavy atom. The highest BCUT2D eigenvalue weighted by molar-refractivity contribution is 5.95. The Morgan fingerprint density at radius 2 is 2.12 bits per heavy atom. The molecule has 1 rings (SSSR count). The van der Waals surface area contributed by atoms with Crippen LogP contribution in [0.25, 0.3) is 0 Å². The van der Waals surface area contributed by atoms with Gasteiger partial charge in [-0.2, -0.15) is 0 Å². The van der Waals surface area contributed by atoms with E-state index in [0.717, 1.165) is 11.4 Å². The summed E-state index contributed by atoms with van der Waals surface area (Å²) in [5.41, 5.74) is 2.21. The number of aromatic nitrogens is 1. The summed E-state index contributed by atoms with van der Waals surface area (Å²) >= 11 is 0. The Labute approximate surface area is 95.9 Å². The molecule has 0 saturated carbocycles. The van der Waals surface area contributed by atoms with E-state index in [2.05, 4.69) is 4.98 Å². The van der Waals surface area contributed by atoms with Crippen LogP contribution in [0, 0.1) is 13.8 Å². The molecule has 88 valence electrons. The molecule has 4 nitrogen and oxygen atoms in total. The molecule has 0 spiro atoms. The van der Waals surface area contributed by atoms with Gasteiger partial charge in [0.25, 0.3) is 5.91 Å². The number of aliphatic hydroxyl groups is 1. The zero-order valence-corrected chi connectivity index (χ0v) is 10.2. The molecule has 0 fully saturated rings. The molecule has 0 radical (unpaired) electrons. The maximum Gasteiger partial charge on any atom is 0.255 e. The summed E-state index contributed by atoms with van der Waals surface area (Å²) in [7, 11) is 1.67. The lowest BCUT2D eigenvalue weighted by Crippen LogP contribution is -2.33. The number of carbonyl (C=O) groups is 1. The van der Waals surface area contributed by atoms with Crippen molar-refractivity contribution in [3.63, 3.8) is 0 Å². The van der Waals surface area contributed by atoms with Crippen molar-refractivity contribution in [2.45, 2.75) is 26.9 Å². The molecule has 0 aliphatic rings. The standard InChI is InChI=1S/C12H18N2O2/c1-8-5-6-11(10(3)13-8)12(16)14(4)7-9(2)15/h5-6,9,15H,7H2,1-4H3. The van der Waals surface area contributed by atoms with Crippen LogP contribution < -0.4 is 0 Å². The van der Waals surface area contributed by atoms with E-state index in [-0.39, 0.29) is 5.91 Å². The number of pyridine rings is 1. The molecule has 0 aliphatic heterocycles. The molecule has 0 aromatic carbocycles. The van der Waals surface area contributed by atoms with Crippen molar-refractivity contribution in [1.29, 1.82) is 0 Å². The van der Waals surface area contributed by atoms with Gasteiger partial charge in [-0.25, -0.2) is 0 Å². The number of likely N-dealkylation sites (N-methyl/N-ethyl adjacent to an activating group) is 1. The van der Waals surface area contributed by atoms with Gasteiger partial charge in [-0.3, -0.25) is 9.78 Å². The van der Waals surface area contributed by atoms with Crippen molar-refractivity contribution >= 4 is 5.91 Å². The topological polar surface area (TPSA) is 53.4 Å². The Morgan fingerprint density at radius 3 is 2.62 bits per heavy atom. The van der Waals surface area contributed by atoms with Gasteiger partial charge in [0.05, 0.1) is 17.4 Å². The van der Waals surface area contributed by atoms with Crippen LogP contribution in [0.4, 0.5) is 0 Å². The van der Waals surface area contributed by atoms with E-state index in [1.165, 1.54) is 4.90 Å². The molecule has 4 heteroatoms. The van der Waals surface area contributed by atoms with Gasteiger partial charge < -0.3 is 10.0 Å². The summed E-state index contributed by atoms with van der Waals surface area (Å²) < 4.78 is 0. The third-order valence-corrected chi connectivity index (χ3v) is 2.34. The van der Waals surface area contributed by atoms with Crippen LogP contribution in [-0.4, -0.2) is 40.6 Å². The Balaban J connectivity index is 2.88. The van der Waals surface area contributed by atoms with Gasteiger partial charge in [-0.15, -0.1) is 0 Å². The summed E-state index contributed by atoms with van der Waals surface area (Å²) in [4.78, 5) is 17.7. The molecular formula is C12H18N2O2. The number of amides is 1.